The molecule has 1 heterocycles. The maximum absolute atomic E-state index is 11.8. The van der Waals surface area contributed by atoms with Gasteiger partial charge in [0.05, 0.1) is 6.21 Å². The highest BCUT2D eigenvalue weighted by Crippen LogP contribution is 2.18. The number of carbonyl (C=O) groups is 1. The van der Waals surface area contributed by atoms with Gasteiger partial charge in [0, 0.05) is 22.7 Å². The van der Waals surface area contributed by atoms with E-state index in [0.29, 0.717) is 5.75 Å². The molecule has 0 bridgehead atoms. The van der Waals surface area contributed by atoms with Crippen LogP contribution in [-0.2, 0) is 4.79 Å². The molecule has 5 heteroatoms. The fraction of sp³-hybridized carbons (Fsp3) is 0.158. The molecular formula is C19H19N3O2. The predicted octanol–water partition coefficient (Wildman–Crippen LogP) is 3.31. The van der Waals surface area contributed by atoms with Gasteiger partial charge in [-0.3, -0.25) is 4.79 Å². The molecule has 0 aliphatic carbocycles. The van der Waals surface area contributed by atoms with Gasteiger partial charge >= 0.3 is 0 Å². The van der Waals surface area contributed by atoms with Crippen molar-refractivity contribution in [3.8, 4) is 5.75 Å². The molecule has 3 aromatic rings. The lowest BCUT2D eigenvalue weighted by Gasteiger charge is -2.08. The Bertz CT molecular complexity index is 897. The van der Waals surface area contributed by atoms with Crippen LogP contribution in [0, 0.1) is 13.8 Å². The molecule has 2 aromatic carbocycles. The third-order valence-electron chi connectivity index (χ3n) is 3.70. The van der Waals surface area contributed by atoms with Gasteiger partial charge < -0.3 is 9.72 Å². The molecule has 0 saturated carbocycles. The van der Waals surface area contributed by atoms with Crippen molar-refractivity contribution in [3.05, 3.63) is 65.4 Å². The number of benzene rings is 2. The van der Waals surface area contributed by atoms with Crippen LogP contribution in [0.15, 0.2) is 53.8 Å². The summed E-state index contributed by atoms with van der Waals surface area (Å²) < 4.78 is 5.52. The van der Waals surface area contributed by atoms with Crippen molar-refractivity contribution >= 4 is 23.0 Å². The summed E-state index contributed by atoms with van der Waals surface area (Å²) in [6, 6.07) is 13.8. The van der Waals surface area contributed by atoms with Gasteiger partial charge in [0.2, 0.25) is 0 Å². The van der Waals surface area contributed by atoms with Crippen molar-refractivity contribution in [3.63, 3.8) is 0 Å². The lowest BCUT2D eigenvalue weighted by atomic mass is 10.1. The van der Waals surface area contributed by atoms with Gasteiger partial charge in [0.25, 0.3) is 5.91 Å². The Labute approximate surface area is 140 Å². The van der Waals surface area contributed by atoms with Crippen molar-refractivity contribution < 1.29 is 9.53 Å². The van der Waals surface area contributed by atoms with Crippen molar-refractivity contribution in [1.82, 2.24) is 10.4 Å². The van der Waals surface area contributed by atoms with Crippen molar-refractivity contribution in [2.24, 2.45) is 5.10 Å². The van der Waals surface area contributed by atoms with E-state index < -0.39 is 0 Å². The van der Waals surface area contributed by atoms with Crippen molar-refractivity contribution in [1.29, 1.82) is 0 Å². The average molecular weight is 321 g/mol. The molecule has 24 heavy (non-hydrogen) atoms. The zero-order chi connectivity index (χ0) is 16.9. The lowest BCUT2D eigenvalue weighted by Crippen LogP contribution is -2.24. The van der Waals surface area contributed by atoms with Gasteiger partial charge in [-0.15, -0.1) is 0 Å². The number of para-hydroxylation sites is 1. The maximum atomic E-state index is 11.8. The van der Waals surface area contributed by atoms with E-state index in [2.05, 4.69) is 15.5 Å². The number of aromatic nitrogens is 1. The van der Waals surface area contributed by atoms with E-state index in [4.69, 9.17) is 4.74 Å². The van der Waals surface area contributed by atoms with Crippen LogP contribution < -0.4 is 10.2 Å². The zero-order valence-corrected chi connectivity index (χ0v) is 13.7. The van der Waals surface area contributed by atoms with Gasteiger partial charge in [-0.25, -0.2) is 5.43 Å². The summed E-state index contributed by atoms with van der Waals surface area (Å²) in [7, 11) is 0. The lowest BCUT2D eigenvalue weighted by molar-refractivity contribution is -0.123. The molecule has 5 nitrogen and oxygen atoms in total. The highest BCUT2D eigenvalue weighted by atomic mass is 16.5. The van der Waals surface area contributed by atoms with E-state index in [1.165, 1.54) is 0 Å². The van der Waals surface area contributed by atoms with Crippen LogP contribution >= 0.6 is 0 Å². The first-order valence-corrected chi connectivity index (χ1v) is 7.71. The van der Waals surface area contributed by atoms with Crippen LogP contribution in [0.3, 0.4) is 0 Å². The van der Waals surface area contributed by atoms with Crippen molar-refractivity contribution in [2.45, 2.75) is 13.8 Å². The summed E-state index contributed by atoms with van der Waals surface area (Å²) >= 11 is 0. The molecule has 0 aliphatic rings. The smallest absolute Gasteiger partial charge is 0.277 e. The molecular weight excluding hydrogens is 302 g/mol. The van der Waals surface area contributed by atoms with Crippen LogP contribution in [0.1, 0.15) is 16.7 Å². The number of ether oxygens (including phenoxy) is 1. The Kier molecular flexibility index (Phi) is 4.61. The van der Waals surface area contributed by atoms with Crippen LogP contribution in [0.4, 0.5) is 0 Å². The number of carbonyl (C=O) groups excluding carboxylic acids is 1. The summed E-state index contributed by atoms with van der Waals surface area (Å²) in [5.41, 5.74) is 6.59. The fourth-order valence-corrected chi connectivity index (χ4v) is 2.51. The average Bonchev–Trinajstić information content (AvgIpc) is 2.97. The fourth-order valence-electron chi connectivity index (χ4n) is 2.51. The number of hydrazone groups is 1. The Morgan fingerprint density at radius 2 is 2.08 bits per heavy atom. The molecule has 2 N–H and O–H groups in total. The first-order valence-electron chi connectivity index (χ1n) is 7.71. The van der Waals surface area contributed by atoms with Crippen LogP contribution in [0.25, 0.3) is 10.9 Å². The van der Waals surface area contributed by atoms with E-state index in [1.54, 1.807) is 6.21 Å². The van der Waals surface area contributed by atoms with Crippen molar-refractivity contribution in [2.75, 3.05) is 6.61 Å². The van der Waals surface area contributed by atoms with E-state index in [9.17, 15) is 4.79 Å². The second-order valence-electron chi connectivity index (χ2n) is 5.64. The number of nitrogens with one attached hydrogen (secondary N) is 2. The molecule has 0 radical (unpaired) electrons. The Morgan fingerprint density at radius 3 is 2.92 bits per heavy atom. The van der Waals surface area contributed by atoms with E-state index in [1.807, 2.05) is 62.5 Å². The zero-order valence-electron chi connectivity index (χ0n) is 13.7. The minimum atomic E-state index is -0.300. The monoisotopic (exact) mass is 321 g/mol. The first-order chi connectivity index (χ1) is 11.6. The number of aromatic amines is 1. The number of nitrogens with zero attached hydrogens (tertiary/aromatic N) is 1. The van der Waals surface area contributed by atoms with Gasteiger partial charge in [0.1, 0.15) is 5.75 Å². The highest BCUT2D eigenvalue weighted by molar-refractivity contribution is 5.99. The second-order valence-corrected chi connectivity index (χ2v) is 5.64. The molecule has 1 amide bonds. The largest absolute Gasteiger partial charge is 0.483 e. The summed E-state index contributed by atoms with van der Waals surface area (Å²) in [5.74, 6) is 0.405. The third kappa shape index (κ3) is 3.63. The minimum absolute atomic E-state index is 0.0743. The SMILES string of the molecule is Cc1ccc(OCC(=O)N/N=C/c2c[nH]c3ccccc23)c(C)c1. The maximum Gasteiger partial charge on any atom is 0.277 e. The number of amides is 1. The Morgan fingerprint density at radius 1 is 1.25 bits per heavy atom. The molecule has 0 aliphatic heterocycles. The quantitative estimate of drug-likeness (QED) is 0.559. The van der Waals surface area contributed by atoms with E-state index >= 15 is 0 Å². The molecule has 0 unspecified atom stereocenters. The van der Waals surface area contributed by atoms with Crippen LogP contribution in [-0.4, -0.2) is 23.7 Å². The number of hydrogen-bond acceptors (Lipinski definition) is 3. The van der Waals surface area contributed by atoms with Crippen LogP contribution in [0.2, 0.25) is 0 Å². The van der Waals surface area contributed by atoms with Gasteiger partial charge in [-0.2, -0.15) is 5.10 Å². The Hall–Kier alpha value is -3.08. The van der Waals surface area contributed by atoms with Gasteiger partial charge in [0.15, 0.2) is 6.61 Å². The minimum Gasteiger partial charge on any atom is -0.483 e. The van der Waals surface area contributed by atoms with Crippen LogP contribution in [0.5, 0.6) is 5.75 Å². The standard InChI is InChI=1S/C19H19N3O2/c1-13-7-8-18(14(2)9-13)24-12-19(23)22-21-11-15-10-20-17-6-4-3-5-16(15)17/h3-11,20H,12H2,1-2H3,(H,22,23)/b21-11+. The molecule has 122 valence electrons. The normalized spacial score (nSPS) is 11.1. The molecule has 3 rings (SSSR count). The first kappa shape index (κ1) is 15.8. The molecule has 0 atom stereocenters. The topological polar surface area (TPSA) is 66.5 Å². The van der Waals surface area contributed by atoms with Gasteiger partial charge in [-0.05, 0) is 31.5 Å². The Balaban J connectivity index is 1.55. The summed E-state index contributed by atoms with van der Waals surface area (Å²) in [6.07, 6.45) is 3.47. The second kappa shape index (κ2) is 7.00. The summed E-state index contributed by atoms with van der Waals surface area (Å²) in [5, 5.41) is 5.05. The molecule has 0 fully saturated rings. The molecule has 0 saturated heterocycles. The number of rotatable bonds is 5. The number of H-pyrrole nitrogens is 1. The highest BCUT2D eigenvalue weighted by Gasteiger charge is 2.04. The van der Waals surface area contributed by atoms with Gasteiger partial charge in [-0.1, -0.05) is 35.9 Å². The molecule has 1 aromatic heterocycles. The molecule has 0 spiro atoms. The summed E-state index contributed by atoms with van der Waals surface area (Å²) in [4.78, 5) is 15.0. The number of aryl methyl sites for hydroxylation is 2. The number of fused-ring (bicyclic) bond motifs is 1. The van der Waals surface area contributed by atoms with E-state index in [0.717, 1.165) is 27.6 Å². The van der Waals surface area contributed by atoms with E-state index in [-0.39, 0.29) is 12.5 Å². The predicted molar refractivity (Wildman–Crippen MR) is 95.4 cm³/mol. The third-order valence-corrected chi connectivity index (χ3v) is 3.70. The number of hydrogen-bond donors (Lipinski definition) is 2. The summed E-state index contributed by atoms with van der Waals surface area (Å²) in [6.45, 7) is 3.90.